The van der Waals surface area contributed by atoms with Crippen molar-refractivity contribution in [2.75, 3.05) is 19.0 Å². The second-order valence-corrected chi connectivity index (χ2v) is 3.81. The molecule has 0 saturated carbocycles. The predicted octanol–water partition coefficient (Wildman–Crippen LogP) is 1.41. The number of rotatable bonds is 6. The molecular formula is C12H16ClNO3. The summed E-state index contributed by atoms with van der Waals surface area (Å²) in [4.78, 5) is 11.5. The van der Waals surface area contributed by atoms with Crippen LogP contribution in [0.2, 0.25) is 0 Å². The number of carbonyl (C=O) groups excluding carboxylic acids is 1. The SMILES string of the molecule is CCNC(=O)c1ccc(OCC(O)CCl)cc1. The second kappa shape index (κ2) is 7.14. The van der Waals surface area contributed by atoms with Gasteiger partial charge in [0.2, 0.25) is 0 Å². The zero-order valence-electron chi connectivity index (χ0n) is 9.65. The molecule has 0 bridgehead atoms. The van der Waals surface area contributed by atoms with E-state index in [1.807, 2.05) is 6.92 Å². The van der Waals surface area contributed by atoms with Crippen molar-refractivity contribution in [2.45, 2.75) is 13.0 Å². The fraction of sp³-hybridized carbons (Fsp3) is 0.417. The van der Waals surface area contributed by atoms with Crippen molar-refractivity contribution in [3.63, 3.8) is 0 Å². The number of carbonyl (C=O) groups is 1. The van der Waals surface area contributed by atoms with Crippen molar-refractivity contribution < 1.29 is 14.6 Å². The van der Waals surface area contributed by atoms with Gasteiger partial charge in [0.15, 0.2) is 0 Å². The molecule has 0 fully saturated rings. The molecule has 0 aliphatic heterocycles. The molecule has 0 spiro atoms. The maximum Gasteiger partial charge on any atom is 0.251 e. The molecular weight excluding hydrogens is 242 g/mol. The van der Waals surface area contributed by atoms with Crippen LogP contribution >= 0.6 is 11.6 Å². The van der Waals surface area contributed by atoms with Crippen molar-refractivity contribution >= 4 is 17.5 Å². The Hall–Kier alpha value is -1.26. The third-order valence-electron chi connectivity index (χ3n) is 2.07. The van der Waals surface area contributed by atoms with Gasteiger partial charge in [0.25, 0.3) is 5.91 Å². The minimum Gasteiger partial charge on any atom is -0.491 e. The number of amides is 1. The van der Waals surface area contributed by atoms with Gasteiger partial charge in [0.05, 0.1) is 5.88 Å². The van der Waals surface area contributed by atoms with E-state index in [9.17, 15) is 9.90 Å². The monoisotopic (exact) mass is 257 g/mol. The molecule has 17 heavy (non-hydrogen) atoms. The molecule has 94 valence electrons. The molecule has 0 aliphatic rings. The van der Waals surface area contributed by atoms with Gasteiger partial charge in [-0.15, -0.1) is 11.6 Å². The fourth-order valence-corrected chi connectivity index (χ4v) is 1.29. The molecule has 0 heterocycles. The Labute approximate surface area is 106 Å². The van der Waals surface area contributed by atoms with Gasteiger partial charge in [-0.3, -0.25) is 4.79 Å². The van der Waals surface area contributed by atoms with Gasteiger partial charge < -0.3 is 15.2 Å². The number of aliphatic hydroxyl groups is 1. The number of hydrogen-bond donors (Lipinski definition) is 2. The molecule has 0 aromatic heterocycles. The lowest BCUT2D eigenvalue weighted by Gasteiger charge is -2.10. The summed E-state index contributed by atoms with van der Waals surface area (Å²) in [5.41, 5.74) is 0.581. The van der Waals surface area contributed by atoms with Gasteiger partial charge in [0.1, 0.15) is 18.5 Å². The topological polar surface area (TPSA) is 58.6 Å². The highest BCUT2D eigenvalue weighted by Gasteiger charge is 2.05. The molecule has 4 nitrogen and oxygen atoms in total. The molecule has 1 rings (SSSR count). The van der Waals surface area contributed by atoms with Crippen LogP contribution in [0.3, 0.4) is 0 Å². The summed E-state index contributed by atoms with van der Waals surface area (Å²) in [5, 5.41) is 11.9. The summed E-state index contributed by atoms with van der Waals surface area (Å²) in [5.74, 6) is 0.624. The Bertz CT molecular complexity index is 353. The summed E-state index contributed by atoms with van der Waals surface area (Å²) in [6, 6.07) is 6.72. The van der Waals surface area contributed by atoms with E-state index in [1.54, 1.807) is 24.3 Å². The van der Waals surface area contributed by atoms with Crippen LogP contribution in [0.4, 0.5) is 0 Å². The minimum absolute atomic E-state index is 0.111. The summed E-state index contributed by atoms with van der Waals surface area (Å²) in [7, 11) is 0. The normalized spacial score (nSPS) is 11.9. The average molecular weight is 258 g/mol. The fourth-order valence-electron chi connectivity index (χ4n) is 1.20. The molecule has 1 aromatic rings. The average Bonchev–Trinajstić information content (AvgIpc) is 2.36. The molecule has 1 amide bonds. The maximum atomic E-state index is 11.5. The third kappa shape index (κ3) is 4.63. The molecule has 1 unspecified atom stereocenters. The van der Waals surface area contributed by atoms with Crippen molar-refractivity contribution in [2.24, 2.45) is 0 Å². The number of benzene rings is 1. The number of alkyl halides is 1. The van der Waals surface area contributed by atoms with Crippen LogP contribution in [0.1, 0.15) is 17.3 Å². The van der Waals surface area contributed by atoms with Crippen molar-refractivity contribution in [3.05, 3.63) is 29.8 Å². The Kier molecular flexibility index (Phi) is 5.80. The number of halogens is 1. The summed E-state index contributed by atoms with van der Waals surface area (Å²) in [6.07, 6.45) is -0.681. The van der Waals surface area contributed by atoms with E-state index in [1.165, 1.54) is 0 Å². The first-order valence-corrected chi connectivity index (χ1v) is 5.96. The molecule has 0 saturated heterocycles. The molecule has 1 aromatic carbocycles. The largest absolute Gasteiger partial charge is 0.491 e. The van der Waals surface area contributed by atoms with E-state index >= 15 is 0 Å². The van der Waals surface area contributed by atoms with Crippen LogP contribution in [0, 0.1) is 0 Å². The van der Waals surface area contributed by atoms with Crippen LogP contribution in [0.25, 0.3) is 0 Å². The molecule has 0 aliphatic carbocycles. The van der Waals surface area contributed by atoms with Crippen molar-refractivity contribution in [1.82, 2.24) is 5.32 Å². The van der Waals surface area contributed by atoms with Gasteiger partial charge in [-0.2, -0.15) is 0 Å². The smallest absolute Gasteiger partial charge is 0.251 e. The van der Waals surface area contributed by atoms with E-state index in [0.29, 0.717) is 17.9 Å². The van der Waals surface area contributed by atoms with E-state index in [2.05, 4.69) is 5.32 Å². The Balaban J connectivity index is 2.53. The van der Waals surface area contributed by atoms with E-state index < -0.39 is 6.10 Å². The van der Waals surface area contributed by atoms with Crippen LogP contribution in [-0.2, 0) is 0 Å². The van der Waals surface area contributed by atoms with Crippen LogP contribution in [0.15, 0.2) is 24.3 Å². The van der Waals surface area contributed by atoms with Crippen molar-refractivity contribution in [1.29, 1.82) is 0 Å². The first-order chi connectivity index (χ1) is 8.17. The summed E-state index contributed by atoms with van der Waals surface area (Å²) in [6.45, 7) is 2.60. The molecule has 0 radical (unpaired) electrons. The lowest BCUT2D eigenvalue weighted by Crippen LogP contribution is -2.22. The molecule has 5 heteroatoms. The number of ether oxygens (including phenoxy) is 1. The first kappa shape index (κ1) is 13.8. The molecule has 1 atom stereocenters. The maximum absolute atomic E-state index is 11.5. The Morgan fingerprint density at radius 1 is 1.47 bits per heavy atom. The Morgan fingerprint density at radius 2 is 2.12 bits per heavy atom. The highest BCUT2D eigenvalue weighted by Crippen LogP contribution is 2.12. The van der Waals surface area contributed by atoms with Gasteiger partial charge in [-0.05, 0) is 31.2 Å². The van der Waals surface area contributed by atoms with Crippen LogP contribution in [0.5, 0.6) is 5.75 Å². The van der Waals surface area contributed by atoms with E-state index in [4.69, 9.17) is 16.3 Å². The number of nitrogens with one attached hydrogen (secondary N) is 1. The third-order valence-corrected chi connectivity index (χ3v) is 2.43. The zero-order valence-corrected chi connectivity index (χ0v) is 10.4. The summed E-state index contributed by atoms with van der Waals surface area (Å²) < 4.78 is 5.29. The second-order valence-electron chi connectivity index (χ2n) is 3.50. The minimum atomic E-state index is -0.681. The lowest BCUT2D eigenvalue weighted by atomic mass is 10.2. The van der Waals surface area contributed by atoms with Gasteiger partial charge in [-0.25, -0.2) is 0 Å². The van der Waals surface area contributed by atoms with Gasteiger partial charge in [0, 0.05) is 12.1 Å². The highest BCUT2D eigenvalue weighted by molar-refractivity contribution is 6.18. The van der Waals surface area contributed by atoms with E-state index in [-0.39, 0.29) is 18.4 Å². The van der Waals surface area contributed by atoms with Gasteiger partial charge >= 0.3 is 0 Å². The number of hydrogen-bond acceptors (Lipinski definition) is 3. The van der Waals surface area contributed by atoms with Crippen LogP contribution in [-0.4, -0.2) is 36.1 Å². The van der Waals surface area contributed by atoms with E-state index in [0.717, 1.165) is 0 Å². The van der Waals surface area contributed by atoms with Crippen LogP contribution < -0.4 is 10.1 Å². The predicted molar refractivity (Wildman–Crippen MR) is 66.7 cm³/mol. The number of aliphatic hydroxyl groups excluding tert-OH is 1. The lowest BCUT2D eigenvalue weighted by molar-refractivity contribution is 0.0955. The zero-order chi connectivity index (χ0) is 12.7. The first-order valence-electron chi connectivity index (χ1n) is 5.42. The Morgan fingerprint density at radius 3 is 2.65 bits per heavy atom. The highest BCUT2D eigenvalue weighted by atomic mass is 35.5. The molecule has 2 N–H and O–H groups in total. The van der Waals surface area contributed by atoms with Crippen molar-refractivity contribution in [3.8, 4) is 5.75 Å². The standard InChI is InChI=1S/C12H16ClNO3/c1-2-14-12(16)9-3-5-11(6-4-9)17-8-10(15)7-13/h3-6,10,15H,2,7-8H2,1H3,(H,14,16). The summed E-state index contributed by atoms with van der Waals surface area (Å²) >= 11 is 5.44. The van der Waals surface area contributed by atoms with Gasteiger partial charge in [-0.1, -0.05) is 0 Å². The quantitative estimate of drug-likeness (QED) is 0.758.